The molecule has 0 saturated heterocycles. The van der Waals surface area contributed by atoms with Crippen LogP contribution in [0.1, 0.15) is 22.6 Å². The van der Waals surface area contributed by atoms with Crippen LogP contribution in [0, 0.1) is 6.92 Å². The van der Waals surface area contributed by atoms with Gasteiger partial charge in [0.2, 0.25) is 5.95 Å². The summed E-state index contributed by atoms with van der Waals surface area (Å²) in [4.78, 5) is 14.9. The summed E-state index contributed by atoms with van der Waals surface area (Å²) in [6.45, 7) is 3.71. The summed E-state index contributed by atoms with van der Waals surface area (Å²) in [5.41, 5.74) is 1.52. The molecule has 0 bridgehead atoms. The number of carbonyl (C=O) groups excluding carboxylic acids is 1. The molecule has 0 fully saturated rings. The molecule has 0 saturated carbocycles. The van der Waals surface area contributed by atoms with E-state index in [1.165, 1.54) is 0 Å². The van der Waals surface area contributed by atoms with Gasteiger partial charge in [-0.1, -0.05) is 0 Å². The fraction of sp³-hybridized carbons (Fsp3) is 0.500. The van der Waals surface area contributed by atoms with Gasteiger partial charge in [-0.25, -0.2) is 4.98 Å². The number of aldehydes is 1. The Labute approximate surface area is 70.6 Å². The van der Waals surface area contributed by atoms with E-state index in [-0.39, 0.29) is 0 Å². The second kappa shape index (κ2) is 2.62. The number of rotatable bonds is 1. The van der Waals surface area contributed by atoms with Gasteiger partial charge in [-0.05, 0) is 13.3 Å². The molecule has 1 aromatic heterocycles. The zero-order chi connectivity index (χ0) is 8.55. The maximum atomic E-state index is 10.7. The summed E-state index contributed by atoms with van der Waals surface area (Å²) in [7, 11) is 0. The van der Waals surface area contributed by atoms with Crippen molar-refractivity contribution in [2.75, 3.05) is 11.9 Å². The molecular formula is C8H11N3O. The van der Waals surface area contributed by atoms with Crippen LogP contribution in [0.2, 0.25) is 0 Å². The summed E-state index contributed by atoms with van der Waals surface area (Å²) in [6, 6.07) is 0. The molecule has 0 aliphatic carbocycles. The third kappa shape index (κ3) is 0.913. The minimum atomic E-state index is 0.706. The van der Waals surface area contributed by atoms with E-state index in [1.54, 1.807) is 0 Å². The van der Waals surface area contributed by atoms with Crippen LogP contribution in [-0.2, 0) is 6.54 Å². The first-order valence-corrected chi connectivity index (χ1v) is 4.09. The molecule has 2 heterocycles. The van der Waals surface area contributed by atoms with E-state index < -0.39 is 0 Å². The molecule has 64 valence electrons. The molecule has 1 N–H and O–H groups in total. The second-order valence-electron chi connectivity index (χ2n) is 2.96. The highest BCUT2D eigenvalue weighted by molar-refractivity contribution is 5.75. The van der Waals surface area contributed by atoms with E-state index in [1.807, 2.05) is 11.5 Å². The van der Waals surface area contributed by atoms with Gasteiger partial charge in [-0.15, -0.1) is 0 Å². The third-order valence-corrected chi connectivity index (χ3v) is 2.14. The molecule has 0 unspecified atom stereocenters. The summed E-state index contributed by atoms with van der Waals surface area (Å²) in [5.74, 6) is 0.834. The highest BCUT2D eigenvalue weighted by atomic mass is 16.1. The molecular weight excluding hydrogens is 154 g/mol. The Morgan fingerprint density at radius 2 is 2.50 bits per heavy atom. The zero-order valence-electron chi connectivity index (χ0n) is 7.00. The van der Waals surface area contributed by atoms with Gasteiger partial charge in [0.05, 0.1) is 5.69 Å². The van der Waals surface area contributed by atoms with E-state index in [9.17, 15) is 4.79 Å². The van der Waals surface area contributed by atoms with Gasteiger partial charge in [0.15, 0.2) is 6.29 Å². The lowest BCUT2D eigenvalue weighted by molar-refractivity contribution is 0.111. The predicted octanol–water partition coefficient (Wildman–Crippen LogP) is 0.820. The molecule has 12 heavy (non-hydrogen) atoms. The minimum Gasteiger partial charge on any atom is -0.356 e. The molecule has 0 aromatic carbocycles. The van der Waals surface area contributed by atoms with Gasteiger partial charge in [-0.3, -0.25) is 4.79 Å². The van der Waals surface area contributed by atoms with Gasteiger partial charge in [-0.2, -0.15) is 0 Å². The Morgan fingerprint density at radius 1 is 1.67 bits per heavy atom. The van der Waals surface area contributed by atoms with Crippen molar-refractivity contribution in [2.45, 2.75) is 19.9 Å². The summed E-state index contributed by atoms with van der Waals surface area (Å²) in [5, 5.41) is 3.15. The Kier molecular flexibility index (Phi) is 1.60. The van der Waals surface area contributed by atoms with Crippen LogP contribution in [0.3, 0.4) is 0 Å². The maximum absolute atomic E-state index is 10.7. The van der Waals surface area contributed by atoms with Crippen LogP contribution >= 0.6 is 0 Å². The van der Waals surface area contributed by atoms with Crippen molar-refractivity contribution in [3.63, 3.8) is 0 Å². The molecule has 0 amide bonds. The second-order valence-corrected chi connectivity index (χ2v) is 2.96. The Morgan fingerprint density at radius 3 is 3.25 bits per heavy atom. The average Bonchev–Trinajstić information content (AvgIpc) is 2.40. The molecule has 1 aromatic rings. The topological polar surface area (TPSA) is 46.9 Å². The number of imidazole rings is 1. The molecule has 4 heteroatoms. The van der Waals surface area contributed by atoms with Crippen LogP contribution in [-0.4, -0.2) is 22.4 Å². The lowest BCUT2D eigenvalue weighted by Gasteiger charge is -2.15. The Balaban J connectivity index is 2.53. The monoisotopic (exact) mass is 165 g/mol. The first kappa shape index (κ1) is 7.34. The largest absolute Gasteiger partial charge is 0.356 e. The zero-order valence-corrected chi connectivity index (χ0v) is 7.00. The van der Waals surface area contributed by atoms with Crippen LogP contribution in [0.5, 0.6) is 0 Å². The van der Waals surface area contributed by atoms with Crippen molar-refractivity contribution >= 4 is 12.2 Å². The van der Waals surface area contributed by atoms with Crippen LogP contribution in [0.25, 0.3) is 0 Å². The molecule has 1 aliphatic rings. The SMILES string of the molecule is Cc1nc2n(c1C=O)CCCN2. The van der Waals surface area contributed by atoms with Crippen LogP contribution in [0.4, 0.5) is 5.95 Å². The number of fused-ring (bicyclic) bond motifs is 1. The van der Waals surface area contributed by atoms with Gasteiger partial charge >= 0.3 is 0 Å². The molecule has 2 rings (SSSR count). The van der Waals surface area contributed by atoms with Gasteiger partial charge in [0.25, 0.3) is 0 Å². The van der Waals surface area contributed by atoms with E-state index in [0.717, 1.165) is 37.4 Å². The molecule has 0 atom stereocenters. The number of hydrogen-bond donors (Lipinski definition) is 1. The first-order valence-electron chi connectivity index (χ1n) is 4.09. The van der Waals surface area contributed by atoms with Crippen molar-refractivity contribution in [2.24, 2.45) is 0 Å². The highest BCUT2D eigenvalue weighted by Crippen LogP contribution is 2.17. The maximum Gasteiger partial charge on any atom is 0.203 e. The lowest BCUT2D eigenvalue weighted by atomic mass is 10.3. The third-order valence-electron chi connectivity index (χ3n) is 2.14. The van der Waals surface area contributed by atoms with Crippen LogP contribution in [0.15, 0.2) is 0 Å². The predicted molar refractivity (Wildman–Crippen MR) is 45.5 cm³/mol. The van der Waals surface area contributed by atoms with Crippen molar-refractivity contribution in [1.82, 2.24) is 9.55 Å². The standard InChI is InChI=1S/C8H11N3O/c1-6-7(5-12)11-4-2-3-9-8(11)10-6/h5H,2-4H2,1H3,(H,9,10). The summed E-state index contributed by atoms with van der Waals surface area (Å²) >= 11 is 0. The number of carbonyl (C=O) groups is 1. The van der Waals surface area contributed by atoms with Crippen molar-refractivity contribution in [3.05, 3.63) is 11.4 Å². The lowest BCUT2D eigenvalue weighted by Crippen LogP contribution is -2.18. The van der Waals surface area contributed by atoms with Crippen LogP contribution < -0.4 is 5.32 Å². The van der Waals surface area contributed by atoms with E-state index >= 15 is 0 Å². The molecule has 0 spiro atoms. The number of aryl methyl sites for hydroxylation is 1. The van der Waals surface area contributed by atoms with Crippen molar-refractivity contribution in [3.8, 4) is 0 Å². The summed E-state index contributed by atoms with van der Waals surface area (Å²) in [6.07, 6.45) is 1.93. The van der Waals surface area contributed by atoms with Gasteiger partial charge < -0.3 is 9.88 Å². The van der Waals surface area contributed by atoms with E-state index in [4.69, 9.17) is 0 Å². The average molecular weight is 165 g/mol. The number of hydrogen-bond acceptors (Lipinski definition) is 3. The number of aromatic nitrogens is 2. The number of anilines is 1. The van der Waals surface area contributed by atoms with Gasteiger partial charge in [0, 0.05) is 13.1 Å². The fourth-order valence-corrected chi connectivity index (χ4v) is 1.53. The number of nitrogens with one attached hydrogen (secondary N) is 1. The van der Waals surface area contributed by atoms with Crippen molar-refractivity contribution < 1.29 is 4.79 Å². The normalized spacial score (nSPS) is 15.1. The van der Waals surface area contributed by atoms with Gasteiger partial charge in [0.1, 0.15) is 5.69 Å². The fourth-order valence-electron chi connectivity index (χ4n) is 1.53. The quantitative estimate of drug-likeness (QED) is 0.627. The van der Waals surface area contributed by atoms with E-state index in [0.29, 0.717) is 5.69 Å². The molecule has 0 radical (unpaired) electrons. The molecule has 1 aliphatic heterocycles. The molecule has 4 nitrogen and oxygen atoms in total. The first-order chi connectivity index (χ1) is 5.83. The van der Waals surface area contributed by atoms with E-state index in [2.05, 4.69) is 10.3 Å². The van der Waals surface area contributed by atoms with Crippen molar-refractivity contribution in [1.29, 1.82) is 0 Å². The smallest absolute Gasteiger partial charge is 0.203 e. The highest BCUT2D eigenvalue weighted by Gasteiger charge is 2.15. The Bertz CT molecular complexity index is 316. The Hall–Kier alpha value is -1.32. The minimum absolute atomic E-state index is 0.706. The summed E-state index contributed by atoms with van der Waals surface area (Å²) < 4.78 is 1.94. The number of nitrogens with zero attached hydrogens (tertiary/aromatic N) is 2.